The third kappa shape index (κ3) is 3.31. The van der Waals surface area contributed by atoms with E-state index in [0.29, 0.717) is 18.3 Å². The van der Waals surface area contributed by atoms with Crippen LogP contribution >= 0.6 is 34.7 Å². The van der Waals surface area contributed by atoms with E-state index in [1.165, 1.54) is 17.0 Å². The molecule has 0 saturated carbocycles. The number of amides is 1. The van der Waals surface area contributed by atoms with Crippen LogP contribution in [0.2, 0.25) is 5.02 Å². The molecule has 1 unspecified atom stereocenters. The number of hydrogen-bond donors (Lipinski definition) is 0. The first-order valence-electron chi connectivity index (χ1n) is 7.05. The number of thioether (sulfide) groups is 1. The normalized spacial score (nSPS) is 19.0. The first-order valence-corrected chi connectivity index (χ1v) is 9.36. The van der Waals surface area contributed by atoms with Gasteiger partial charge in [-0.2, -0.15) is 11.8 Å². The van der Waals surface area contributed by atoms with E-state index in [0.717, 1.165) is 12.2 Å². The number of rotatable bonds is 2. The molecule has 0 spiro atoms. The van der Waals surface area contributed by atoms with E-state index in [-0.39, 0.29) is 16.5 Å². The second-order valence-corrected chi connectivity index (χ2v) is 7.75. The van der Waals surface area contributed by atoms with Crippen LogP contribution in [0.3, 0.4) is 0 Å². The molecule has 0 aliphatic carbocycles. The van der Waals surface area contributed by atoms with Crippen LogP contribution in [0.1, 0.15) is 26.9 Å². The SMILES string of the molecule is O=C(c1c(F)cccc1Cl)N1CCSC(c2cccs2)CC1. The summed E-state index contributed by atoms with van der Waals surface area (Å²) < 4.78 is 13.9. The summed E-state index contributed by atoms with van der Waals surface area (Å²) in [6.45, 7) is 1.25. The fourth-order valence-corrected chi connectivity index (χ4v) is 5.02. The van der Waals surface area contributed by atoms with Crippen LogP contribution in [0.15, 0.2) is 35.7 Å². The van der Waals surface area contributed by atoms with Gasteiger partial charge in [-0.3, -0.25) is 4.79 Å². The topological polar surface area (TPSA) is 20.3 Å². The Hall–Kier alpha value is -1.04. The molecule has 1 aromatic carbocycles. The van der Waals surface area contributed by atoms with Gasteiger partial charge < -0.3 is 4.90 Å². The molecule has 1 fully saturated rings. The number of thiophene rings is 1. The average molecular weight is 356 g/mol. The fourth-order valence-electron chi connectivity index (χ4n) is 2.54. The summed E-state index contributed by atoms with van der Waals surface area (Å²) in [5, 5.41) is 2.66. The van der Waals surface area contributed by atoms with Crippen molar-refractivity contribution in [3.63, 3.8) is 0 Å². The molecule has 6 heteroatoms. The van der Waals surface area contributed by atoms with E-state index in [2.05, 4.69) is 11.4 Å². The maximum absolute atomic E-state index is 13.9. The van der Waals surface area contributed by atoms with Crippen LogP contribution in [0.4, 0.5) is 4.39 Å². The van der Waals surface area contributed by atoms with Gasteiger partial charge in [0.05, 0.1) is 10.6 Å². The summed E-state index contributed by atoms with van der Waals surface area (Å²) in [5.74, 6) is -0.0138. The van der Waals surface area contributed by atoms with Gasteiger partial charge in [0.2, 0.25) is 0 Å². The maximum Gasteiger partial charge on any atom is 0.258 e. The van der Waals surface area contributed by atoms with Crippen LogP contribution < -0.4 is 0 Å². The summed E-state index contributed by atoms with van der Waals surface area (Å²) >= 11 is 9.60. The van der Waals surface area contributed by atoms with Gasteiger partial charge in [-0.25, -0.2) is 4.39 Å². The Morgan fingerprint density at radius 3 is 2.86 bits per heavy atom. The Bertz CT molecular complexity index is 642. The highest BCUT2D eigenvalue weighted by atomic mass is 35.5. The number of carbonyl (C=O) groups excluding carboxylic acids is 1. The predicted octanol–water partition coefficient (Wildman–Crippen LogP) is 4.86. The molecule has 1 atom stereocenters. The largest absolute Gasteiger partial charge is 0.338 e. The highest BCUT2D eigenvalue weighted by molar-refractivity contribution is 7.99. The Morgan fingerprint density at radius 2 is 2.14 bits per heavy atom. The standard InChI is InChI=1S/C16H15ClFNOS2/c17-11-3-1-4-12(18)15(11)16(20)19-7-6-14(22-10-8-19)13-5-2-9-21-13/h1-5,9,14H,6-8,10H2. The van der Waals surface area contributed by atoms with E-state index in [1.807, 2.05) is 17.8 Å². The fraction of sp³-hybridized carbons (Fsp3) is 0.312. The van der Waals surface area contributed by atoms with Gasteiger partial charge in [0, 0.05) is 29.0 Å². The van der Waals surface area contributed by atoms with Crippen LogP contribution in [0.25, 0.3) is 0 Å². The molecule has 2 heterocycles. The van der Waals surface area contributed by atoms with E-state index in [9.17, 15) is 9.18 Å². The van der Waals surface area contributed by atoms with Crippen molar-refractivity contribution in [1.82, 2.24) is 4.90 Å². The van der Waals surface area contributed by atoms with E-state index < -0.39 is 5.82 Å². The zero-order chi connectivity index (χ0) is 15.5. The Balaban J connectivity index is 1.74. The number of nitrogens with zero attached hydrogens (tertiary/aromatic N) is 1. The zero-order valence-corrected chi connectivity index (χ0v) is 14.2. The lowest BCUT2D eigenvalue weighted by molar-refractivity contribution is 0.0762. The second-order valence-electron chi connectivity index (χ2n) is 5.05. The highest BCUT2D eigenvalue weighted by Gasteiger charge is 2.26. The monoisotopic (exact) mass is 355 g/mol. The first kappa shape index (κ1) is 15.8. The number of hydrogen-bond acceptors (Lipinski definition) is 3. The van der Waals surface area contributed by atoms with Crippen molar-refractivity contribution in [2.75, 3.05) is 18.8 Å². The maximum atomic E-state index is 13.9. The molecule has 116 valence electrons. The molecule has 2 nitrogen and oxygen atoms in total. The van der Waals surface area contributed by atoms with Crippen molar-refractivity contribution in [3.05, 3.63) is 57.0 Å². The Labute approximate surface area is 142 Å². The molecule has 0 radical (unpaired) electrons. The third-order valence-corrected chi connectivity index (χ3v) is 6.43. The number of benzene rings is 1. The summed E-state index contributed by atoms with van der Waals surface area (Å²) in [7, 11) is 0. The van der Waals surface area contributed by atoms with Gasteiger partial charge in [0.15, 0.2) is 0 Å². The first-order chi connectivity index (χ1) is 10.7. The van der Waals surface area contributed by atoms with Crippen LogP contribution in [-0.4, -0.2) is 29.6 Å². The Kier molecular flexibility index (Phi) is 5.06. The quantitative estimate of drug-likeness (QED) is 0.766. The zero-order valence-electron chi connectivity index (χ0n) is 11.8. The van der Waals surface area contributed by atoms with Crippen LogP contribution in [-0.2, 0) is 0 Å². The summed E-state index contributed by atoms with van der Waals surface area (Å²) in [6.07, 6.45) is 0.878. The molecule has 3 rings (SSSR count). The van der Waals surface area contributed by atoms with Crippen molar-refractivity contribution < 1.29 is 9.18 Å². The molecular weight excluding hydrogens is 341 g/mol. The van der Waals surface area contributed by atoms with Crippen molar-refractivity contribution >= 4 is 40.6 Å². The van der Waals surface area contributed by atoms with Crippen molar-refractivity contribution in [3.8, 4) is 0 Å². The van der Waals surface area contributed by atoms with Gasteiger partial charge in [0.1, 0.15) is 5.82 Å². The molecular formula is C16H15ClFNOS2. The summed E-state index contributed by atoms with van der Waals surface area (Å²) in [4.78, 5) is 15.6. The van der Waals surface area contributed by atoms with Gasteiger partial charge in [-0.15, -0.1) is 11.3 Å². The van der Waals surface area contributed by atoms with Crippen molar-refractivity contribution in [2.24, 2.45) is 0 Å². The van der Waals surface area contributed by atoms with Gasteiger partial charge in [-0.1, -0.05) is 23.7 Å². The molecule has 1 aliphatic rings. The van der Waals surface area contributed by atoms with Crippen molar-refractivity contribution in [1.29, 1.82) is 0 Å². The minimum absolute atomic E-state index is 0.0104. The molecule has 0 N–H and O–H groups in total. The van der Waals surface area contributed by atoms with Gasteiger partial charge >= 0.3 is 0 Å². The summed E-state index contributed by atoms with van der Waals surface area (Å²) in [6, 6.07) is 8.53. The minimum atomic E-state index is -0.552. The molecule has 1 amide bonds. The average Bonchev–Trinajstić information content (AvgIpc) is 2.91. The lowest BCUT2D eigenvalue weighted by atomic mass is 10.1. The summed E-state index contributed by atoms with van der Waals surface area (Å²) in [5.41, 5.74) is -0.0104. The lowest BCUT2D eigenvalue weighted by Crippen LogP contribution is -2.33. The molecule has 2 aromatic rings. The molecule has 1 aliphatic heterocycles. The van der Waals surface area contributed by atoms with Gasteiger partial charge in [0.25, 0.3) is 5.91 Å². The molecule has 1 saturated heterocycles. The smallest absolute Gasteiger partial charge is 0.258 e. The predicted molar refractivity (Wildman–Crippen MR) is 91.4 cm³/mol. The highest BCUT2D eigenvalue weighted by Crippen LogP contribution is 2.37. The van der Waals surface area contributed by atoms with Crippen LogP contribution in [0.5, 0.6) is 0 Å². The van der Waals surface area contributed by atoms with Gasteiger partial charge in [-0.05, 0) is 30.0 Å². The minimum Gasteiger partial charge on any atom is -0.338 e. The molecule has 0 bridgehead atoms. The van der Waals surface area contributed by atoms with Crippen LogP contribution in [0, 0.1) is 5.82 Å². The van der Waals surface area contributed by atoms with E-state index in [1.54, 1.807) is 22.3 Å². The Morgan fingerprint density at radius 1 is 1.27 bits per heavy atom. The van der Waals surface area contributed by atoms with E-state index >= 15 is 0 Å². The molecule has 22 heavy (non-hydrogen) atoms. The third-order valence-electron chi connectivity index (χ3n) is 3.67. The molecule has 1 aromatic heterocycles. The van der Waals surface area contributed by atoms with Crippen molar-refractivity contribution in [2.45, 2.75) is 11.7 Å². The van der Waals surface area contributed by atoms with E-state index in [4.69, 9.17) is 11.6 Å². The lowest BCUT2D eigenvalue weighted by Gasteiger charge is -2.21. The number of carbonyl (C=O) groups is 1. The number of halogens is 2. The second kappa shape index (κ2) is 7.02.